The van der Waals surface area contributed by atoms with Gasteiger partial charge in [0, 0.05) is 5.54 Å². The van der Waals surface area contributed by atoms with E-state index in [0.717, 1.165) is 12.3 Å². The van der Waals surface area contributed by atoms with Crippen molar-refractivity contribution < 1.29 is 0 Å². The summed E-state index contributed by atoms with van der Waals surface area (Å²) in [5, 5.41) is 0. The van der Waals surface area contributed by atoms with Crippen LogP contribution in [0.4, 0.5) is 0 Å². The van der Waals surface area contributed by atoms with Gasteiger partial charge in [-0.2, -0.15) is 0 Å². The van der Waals surface area contributed by atoms with Crippen molar-refractivity contribution >= 4 is 0 Å². The summed E-state index contributed by atoms with van der Waals surface area (Å²) in [6.45, 7) is 6.66. The van der Waals surface area contributed by atoms with E-state index in [1.54, 1.807) is 0 Å². The number of benzene rings is 1. The molecule has 0 bridgehead atoms. The lowest BCUT2D eigenvalue weighted by Gasteiger charge is -2.38. The molecule has 100 valence electrons. The Morgan fingerprint density at radius 3 is 2.72 bits per heavy atom. The summed E-state index contributed by atoms with van der Waals surface area (Å²) < 4.78 is 0. The van der Waals surface area contributed by atoms with Crippen molar-refractivity contribution in [2.75, 3.05) is 0 Å². The monoisotopic (exact) mass is 245 g/mol. The summed E-state index contributed by atoms with van der Waals surface area (Å²) in [4.78, 5) is 0. The van der Waals surface area contributed by atoms with Crippen molar-refractivity contribution in [1.29, 1.82) is 0 Å². The molecule has 2 N–H and O–H groups in total. The van der Waals surface area contributed by atoms with Crippen molar-refractivity contribution in [3.8, 4) is 0 Å². The fourth-order valence-corrected chi connectivity index (χ4v) is 3.35. The SMILES string of the molecule is CCC1CCCC(N)(Cc2ccc(C)c(C)c2)C1. The Balaban J connectivity index is 2.09. The van der Waals surface area contributed by atoms with E-state index < -0.39 is 0 Å². The van der Waals surface area contributed by atoms with Crippen LogP contribution in [0.2, 0.25) is 0 Å². The van der Waals surface area contributed by atoms with Gasteiger partial charge in [-0.1, -0.05) is 44.4 Å². The van der Waals surface area contributed by atoms with Gasteiger partial charge in [0.15, 0.2) is 0 Å². The fraction of sp³-hybridized carbons (Fsp3) is 0.647. The summed E-state index contributed by atoms with van der Waals surface area (Å²) in [7, 11) is 0. The Bertz CT molecular complexity index is 410. The molecule has 0 saturated heterocycles. The highest BCUT2D eigenvalue weighted by Crippen LogP contribution is 2.34. The van der Waals surface area contributed by atoms with Gasteiger partial charge in [0.05, 0.1) is 0 Å². The third-order valence-corrected chi connectivity index (χ3v) is 4.69. The van der Waals surface area contributed by atoms with Gasteiger partial charge >= 0.3 is 0 Å². The Hall–Kier alpha value is -0.820. The van der Waals surface area contributed by atoms with Gasteiger partial charge in [-0.25, -0.2) is 0 Å². The van der Waals surface area contributed by atoms with Crippen molar-refractivity contribution in [3.63, 3.8) is 0 Å². The first-order valence-corrected chi connectivity index (χ1v) is 7.37. The van der Waals surface area contributed by atoms with Crippen LogP contribution in [0.15, 0.2) is 18.2 Å². The van der Waals surface area contributed by atoms with Crippen LogP contribution in [0.1, 0.15) is 55.7 Å². The van der Waals surface area contributed by atoms with Crippen LogP contribution in [0.25, 0.3) is 0 Å². The Morgan fingerprint density at radius 1 is 1.28 bits per heavy atom. The van der Waals surface area contributed by atoms with E-state index in [4.69, 9.17) is 5.73 Å². The molecule has 2 rings (SSSR count). The summed E-state index contributed by atoms with van der Waals surface area (Å²) in [6, 6.07) is 6.81. The zero-order valence-corrected chi connectivity index (χ0v) is 12.1. The van der Waals surface area contributed by atoms with E-state index in [0.29, 0.717) is 0 Å². The lowest BCUT2D eigenvalue weighted by molar-refractivity contribution is 0.218. The van der Waals surface area contributed by atoms with E-state index >= 15 is 0 Å². The van der Waals surface area contributed by atoms with E-state index in [1.807, 2.05) is 0 Å². The standard InChI is InChI=1S/C17H27N/c1-4-15-6-5-9-17(18,11-15)12-16-8-7-13(2)14(3)10-16/h7-8,10,15H,4-6,9,11-12,18H2,1-3H3. The molecule has 1 saturated carbocycles. The van der Waals surface area contributed by atoms with Crippen molar-refractivity contribution in [2.24, 2.45) is 11.7 Å². The predicted octanol–water partition coefficient (Wildman–Crippen LogP) is 4.14. The fourth-order valence-electron chi connectivity index (χ4n) is 3.35. The van der Waals surface area contributed by atoms with Crippen molar-refractivity contribution in [2.45, 2.75) is 64.8 Å². The van der Waals surface area contributed by atoms with E-state index in [9.17, 15) is 0 Å². The minimum atomic E-state index is 0.0423. The van der Waals surface area contributed by atoms with E-state index in [2.05, 4.69) is 39.0 Å². The maximum Gasteiger partial charge on any atom is 0.0197 e. The number of hydrogen-bond donors (Lipinski definition) is 1. The molecule has 18 heavy (non-hydrogen) atoms. The van der Waals surface area contributed by atoms with Gasteiger partial charge in [-0.15, -0.1) is 0 Å². The molecule has 2 atom stereocenters. The summed E-state index contributed by atoms with van der Waals surface area (Å²) in [5.74, 6) is 0.843. The highest BCUT2D eigenvalue weighted by atomic mass is 14.7. The topological polar surface area (TPSA) is 26.0 Å². The smallest absolute Gasteiger partial charge is 0.0197 e. The van der Waals surface area contributed by atoms with Crippen LogP contribution >= 0.6 is 0 Å². The van der Waals surface area contributed by atoms with Gasteiger partial charge in [0.25, 0.3) is 0 Å². The quantitative estimate of drug-likeness (QED) is 0.851. The molecule has 0 aliphatic heterocycles. The summed E-state index contributed by atoms with van der Waals surface area (Å²) in [5.41, 5.74) is 10.9. The van der Waals surface area contributed by atoms with Gasteiger partial charge in [-0.3, -0.25) is 0 Å². The highest BCUT2D eigenvalue weighted by Gasteiger charge is 2.32. The molecule has 0 spiro atoms. The minimum Gasteiger partial charge on any atom is -0.325 e. The van der Waals surface area contributed by atoms with Crippen LogP contribution in [0.3, 0.4) is 0 Å². The molecule has 1 aliphatic rings. The maximum absolute atomic E-state index is 6.65. The van der Waals surface area contributed by atoms with Crippen molar-refractivity contribution in [3.05, 3.63) is 34.9 Å². The molecule has 1 aliphatic carbocycles. The van der Waals surface area contributed by atoms with E-state index in [1.165, 1.54) is 48.8 Å². The second-order valence-corrected chi connectivity index (χ2v) is 6.33. The largest absolute Gasteiger partial charge is 0.325 e. The average molecular weight is 245 g/mol. The van der Waals surface area contributed by atoms with Crippen LogP contribution < -0.4 is 5.73 Å². The van der Waals surface area contributed by atoms with Crippen LogP contribution in [0, 0.1) is 19.8 Å². The second-order valence-electron chi connectivity index (χ2n) is 6.33. The molecule has 1 aromatic rings. The predicted molar refractivity (Wildman–Crippen MR) is 78.8 cm³/mol. The number of hydrogen-bond acceptors (Lipinski definition) is 1. The first-order valence-electron chi connectivity index (χ1n) is 7.37. The molecular weight excluding hydrogens is 218 g/mol. The lowest BCUT2D eigenvalue weighted by Crippen LogP contribution is -2.46. The molecule has 1 aromatic carbocycles. The molecule has 1 heteroatoms. The molecule has 1 nitrogen and oxygen atoms in total. The number of rotatable bonds is 3. The normalized spacial score (nSPS) is 28.3. The first-order chi connectivity index (χ1) is 8.52. The van der Waals surface area contributed by atoms with Crippen LogP contribution in [-0.4, -0.2) is 5.54 Å². The van der Waals surface area contributed by atoms with Gasteiger partial charge in [-0.05, 0) is 55.7 Å². The van der Waals surface area contributed by atoms with Gasteiger partial charge in [0.2, 0.25) is 0 Å². The van der Waals surface area contributed by atoms with Gasteiger partial charge < -0.3 is 5.73 Å². The Morgan fingerprint density at radius 2 is 2.06 bits per heavy atom. The zero-order valence-electron chi connectivity index (χ0n) is 12.1. The first kappa shape index (κ1) is 13.6. The molecule has 0 radical (unpaired) electrons. The van der Waals surface area contributed by atoms with Crippen LogP contribution in [0.5, 0.6) is 0 Å². The third kappa shape index (κ3) is 3.14. The second kappa shape index (κ2) is 5.44. The minimum absolute atomic E-state index is 0.0423. The third-order valence-electron chi connectivity index (χ3n) is 4.69. The molecule has 1 fully saturated rings. The van der Waals surface area contributed by atoms with Crippen LogP contribution in [-0.2, 0) is 6.42 Å². The summed E-state index contributed by atoms with van der Waals surface area (Å²) in [6.07, 6.45) is 7.41. The molecule has 0 heterocycles. The average Bonchev–Trinajstić information content (AvgIpc) is 2.33. The Kier molecular flexibility index (Phi) is 4.11. The zero-order chi connectivity index (χ0) is 13.2. The van der Waals surface area contributed by atoms with Crippen molar-refractivity contribution in [1.82, 2.24) is 0 Å². The molecule has 0 aromatic heterocycles. The van der Waals surface area contributed by atoms with E-state index in [-0.39, 0.29) is 5.54 Å². The summed E-state index contributed by atoms with van der Waals surface area (Å²) >= 11 is 0. The number of nitrogens with two attached hydrogens (primary N) is 1. The highest BCUT2D eigenvalue weighted by molar-refractivity contribution is 5.31. The van der Waals surface area contributed by atoms with Gasteiger partial charge in [0.1, 0.15) is 0 Å². The maximum atomic E-state index is 6.65. The molecule has 0 amide bonds. The Labute approximate surface area is 112 Å². The number of aryl methyl sites for hydroxylation is 2. The molecule has 2 unspecified atom stereocenters. The molecular formula is C17H27N. The lowest BCUT2D eigenvalue weighted by atomic mass is 9.72.